The lowest BCUT2D eigenvalue weighted by Crippen LogP contribution is -2.37. The molecule has 0 spiro atoms. The molecule has 4 rings (SSSR count). The first kappa shape index (κ1) is 24.6. The zero-order valence-corrected chi connectivity index (χ0v) is 19.5. The Morgan fingerprint density at radius 2 is 1.44 bits per heavy atom. The predicted octanol–water partition coefficient (Wildman–Crippen LogP) is 4.35. The molecule has 0 bridgehead atoms. The number of imide groups is 1. The number of nitrogens with one attached hydrogen (secondary N) is 1. The third-order valence-electron chi connectivity index (χ3n) is 5.68. The van der Waals surface area contributed by atoms with E-state index >= 15 is 0 Å². The molecule has 1 aliphatic rings. The molecule has 1 aliphatic heterocycles. The second-order valence-electron chi connectivity index (χ2n) is 8.06. The third kappa shape index (κ3) is 5.27. The monoisotopic (exact) mass is 495 g/mol. The molecular formula is C26H23F2N3O5. The maximum atomic E-state index is 13.4. The highest BCUT2D eigenvalue weighted by molar-refractivity contribution is 6.22. The van der Waals surface area contributed by atoms with E-state index in [-0.39, 0.29) is 18.7 Å². The number of hydrogen-bond donors (Lipinski definition) is 1. The number of nitrogens with zero attached hydrogens (tertiary/aromatic N) is 2. The van der Waals surface area contributed by atoms with Gasteiger partial charge in [0, 0.05) is 30.4 Å². The molecule has 1 atom stereocenters. The Morgan fingerprint density at radius 3 is 2.00 bits per heavy atom. The van der Waals surface area contributed by atoms with Crippen LogP contribution in [0.25, 0.3) is 0 Å². The van der Waals surface area contributed by atoms with Crippen LogP contribution in [0.5, 0.6) is 11.5 Å². The summed E-state index contributed by atoms with van der Waals surface area (Å²) in [6, 6.07) is 13.4. The normalized spacial score (nSPS) is 15.3. The van der Waals surface area contributed by atoms with Crippen LogP contribution in [-0.4, -0.2) is 43.0 Å². The van der Waals surface area contributed by atoms with Crippen LogP contribution in [0.1, 0.15) is 12.0 Å². The lowest BCUT2D eigenvalue weighted by atomic mass is 10.1. The number of anilines is 2. The molecular weight excluding hydrogens is 472 g/mol. The fraction of sp³-hybridized carbons (Fsp3) is 0.192. The van der Waals surface area contributed by atoms with E-state index in [1.165, 1.54) is 55.5 Å². The first-order chi connectivity index (χ1) is 17.3. The van der Waals surface area contributed by atoms with E-state index in [2.05, 4.69) is 5.32 Å². The van der Waals surface area contributed by atoms with Crippen LogP contribution >= 0.6 is 0 Å². The summed E-state index contributed by atoms with van der Waals surface area (Å²) in [5.41, 5.74) is 1.13. The number of hydrogen-bond acceptors (Lipinski definition) is 5. The number of ether oxygens (including phenoxy) is 2. The lowest BCUT2D eigenvalue weighted by molar-refractivity contribution is -0.124. The van der Waals surface area contributed by atoms with E-state index in [0.29, 0.717) is 22.7 Å². The van der Waals surface area contributed by atoms with Crippen LogP contribution in [0.2, 0.25) is 0 Å². The Labute approximate surface area is 206 Å². The smallest absolute Gasteiger partial charge is 0.332 e. The van der Waals surface area contributed by atoms with Gasteiger partial charge in [-0.15, -0.1) is 0 Å². The largest absolute Gasteiger partial charge is 0.497 e. The van der Waals surface area contributed by atoms with Crippen molar-refractivity contribution in [2.24, 2.45) is 0 Å². The summed E-state index contributed by atoms with van der Waals surface area (Å²) >= 11 is 0. The molecule has 1 fully saturated rings. The number of rotatable bonds is 8. The van der Waals surface area contributed by atoms with Crippen molar-refractivity contribution < 1.29 is 32.6 Å². The fourth-order valence-electron chi connectivity index (χ4n) is 3.90. The Hall–Kier alpha value is -4.47. The minimum atomic E-state index is -1.14. The van der Waals surface area contributed by atoms with Crippen LogP contribution in [0.3, 0.4) is 0 Å². The van der Waals surface area contributed by atoms with Crippen molar-refractivity contribution in [1.82, 2.24) is 4.90 Å². The third-order valence-corrected chi connectivity index (χ3v) is 5.68. The molecule has 4 amide bonds. The zero-order valence-electron chi connectivity index (χ0n) is 19.5. The number of carbonyl (C=O) groups excluding carboxylic acids is 3. The molecule has 1 unspecified atom stereocenters. The molecule has 1 N–H and O–H groups in total. The summed E-state index contributed by atoms with van der Waals surface area (Å²) in [5, 5.41) is 2.70. The number of amides is 4. The molecule has 186 valence electrons. The standard InChI is InChI=1S/C26H23F2N3O5/c1-35-21-11-19(12-22(13-21)36-2)29-24(32)14-23-25(33)31(20-9-7-18(28)8-10-20)26(34)30(23)15-16-3-5-17(27)6-4-16/h3-13,23H,14-15H2,1-2H3,(H,29,32). The maximum Gasteiger partial charge on any atom is 0.332 e. The van der Waals surface area contributed by atoms with E-state index in [9.17, 15) is 23.2 Å². The van der Waals surface area contributed by atoms with Gasteiger partial charge in [0.2, 0.25) is 5.91 Å². The summed E-state index contributed by atoms with van der Waals surface area (Å²) in [6.07, 6.45) is -0.344. The number of halogens is 2. The number of carbonyl (C=O) groups is 3. The van der Waals surface area contributed by atoms with Gasteiger partial charge in [0.05, 0.1) is 26.3 Å². The number of benzene rings is 3. The topological polar surface area (TPSA) is 88.2 Å². The second kappa shape index (κ2) is 10.4. The molecule has 36 heavy (non-hydrogen) atoms. The van der Waals surface area contributed by atoms with E-state index in [4.69, 9.17) is 9.47 Å². The van der Waals surface area contributed by atoms with Gasteiger partial charge in [-0.05, 0) is 42.0 Å². The Balaban J connectivity index is 1.60. The first-order valence-electron chi connectivity index (χ1n) is 11.0. The summed E-state index contributed by atoms with van der Waals surface area (Å²) in [6.45, 7) is -0.0342. The van der Waals surface area contributed by atoms with Crippen molar-refractivity contribution in [2.45, 2.75) is 19.0 Å². The van der Waals surface area contributed by atoms with Crippen LogP contribution in [0, 0.1) is 11.6 Å². The summed E-state index contributed by atoms with van der Waals surface area (Å²) in [4.78, 5) is 41.7. The van der Waals surface area contributed by atoms with E-state index in [1.807, 2.05) is 0 Å². The molecule has 0 saturated carbocycles. The highest BCUT2D eigenvalue weighted by Gasteiger charge is 2.46. The van der Waals surface area contributed by atoms with Gasteiger partial charge in [-0.3, -0.25) is 9.59 Å². The van der Waals surface area contributed by atoms with Crippen molar-refractivity contribution in [3.63, 3.8) is 0 Å². The molecule has 3 aromatic rings. The van der Waals surface area contributed by atoms with Gasteiger partial charge in [-0.2, -0.15) is 0 Å². The lowest BCUT2D eigenvalue weighted by Gasteiger charge is -2.22. The maximum absolute atomic E-state index is 13.4. The van der Waals surface area contributed by atoms with Gasteiger partial charge in [-0.25, -0.2) is 18.5 Å². The van der Waals surface area contributed by atoms with Crippen LogP contribution < -0.4 is 19.7 Å². The molecule has 1 saturated heterocycles. The highest BCUT2D eigenvalue weighted by Crippen LogP contribution is 2.30. The molecule has 0 aromatic heterocycles. The van der Waals surface area contributed by atoms with Gasteiger partial charge < -0.3 is 19.7 Å². The molecule has 3 aromatic carbocycles. The van der Waals surface area contributed by atoms with Crippen LogP contribution in [0.4, 0.5) is 25.0 Å². The SMILES string of the molecule is COc1cc(NC(=O)CC2C(=O)N(c3ccc(F)cc3)C(=O)N2Cc2ccc(F)cc2)cc(OC)c1. The van der Waals surface area contributed by atoms with Crippen molar-refractivity contribution in [3.8, 4) is 11.5 Å². The minimum Gasteiger partial charge on any atom is -0.497 e. The Kier molecular flexibility index (Phi) is 7.14. The van der Waals surface area contributed by atoms with Crippen molar-refractivity contribution in [3.05, 3.63) is 83.9 Å². The summed E-state index contributed by atoms with van der Waals surface area (Å²) < 4.78 is 37.2. The van der Waals surface area contributed by atoms with Crippen LogP contribution in [-0.2, 0) is 16.1 Å². The van der Waals surface area contributed by atoms with Gasteiger partial charge in [0.15, 0.2) is 0 Å². The number of urea groups is 1. The van der Waals surface area contributed by atoms with Gasteiger partial charge >= 0.3 is 6.03 Å². The van der Waals surface area contributed by atoms with E-state index in [0.717, 1.165) is 17.0 Å². The Morgan fingerprint density at radius 1 is 0.889 bits per heavy atom. The molecule has 8 nitrogen and oxygen atoms in total. The first-order valence-corrected chi connectivity index (χ1v) is 11.0. The van der Waals surface area contributed by atoms with Crippen molar-refractivity contribution >= 4 is 29.2 Å². The average molecular weight is 495 g/mol. The fourth-order valence-corrected chi connectivity index (χ4v) is 3.90. The van der Waals surface area contributed by atoms with Gasteiger partial charge in [0.1, 0.15) is 29.2 Å². The van der Waals surface area contributed by atoms with Gasteiger partial charge in [-0.1, -0.05) is 12.1 Å². The highest BCUT2D eigenvalue weighted by atomic mass is 19.1. The Bertz CT molecular complexity index is 1260. The summed E-state index contributed by atoms with van der Waals surface area (Å²) in [7, 11) is 2.95. The molecule has 1 heterocycles. The van der Waals surface area contributed by atoms with E-state index in [1.54, 1.807) is 18.2 Å². The minimum absolute atomic E-state index is 0.0342. The van der Waals surface area contributed by atoms with Crippen LogP contribution in [0.15, 0.2) is 66.7 Å². The van der Waals surface area contributed by atoms with E-state index < -0.39 is 35.5 Å². The van der Waals surface area contributed by atoms with Crippen molar-refractivity contribution in [1.29, 1.82) is 0 Å². The number of methoxy groups -OCH3 is 2. The molecule has 0 aliphatic carbocycles. The van der Waals surface area contributed by atoms with Gasteiger partial charge in [0.25, 0.3) is 5.91 Å². The summed E-state index contributed by atoms with van der Waals surface area (Å²) in [5.74, 6) is -1.21. The second-order valence-corrected chi connectivity index (χ2v) is 8.06. The molecule has 0 radical (unpaired) electrons. The molecule has 10 heteroatoms. The quantitative estimate of drug-likeness (QED) is 0.470. The van der Waals surface area contributed by atoms with Crippen molar-refractivity contribution in [2.75, 3.05) is 24.4 Å². The predicted molar refractivity (Wildman–Crippen MR) is 128 cm³/mol. The zero-order chi connectivity index (χ0) is 25.8. The average Bonchev–Trinajstić information content (AvgIpc) is 3.09.